The third-order valence-electron chi connectivity index (χ3n) is 3.96. The Bertz CT molecular complexity index is 443. The van der Waals surface area contributed by atoms with Crippen molar-refractivity contribution in [2.24, 2.45) is 7.05 Å². The summed E-state index contributed by atoms with van der Waals surface area (Å²) in [6, 6.07) is 0.365. The molecular weight excluding hydrogens is 222 g/mol. The molecular formula is C15H25N3. The number of aromatic nitrogens is 2. The zero-order chi connectivity index (χ0) is 13.1. The molecule has 1 aromatic rings. The minimum absolute atomic E-state index is 0.365. The normalized spacial score (nSPS) is 17.7. The van der Waals surface area contributed by atoms with Crippen molar-refractivity contribution in [2.75, 3.05) is 6.54 Å². The summed E-state index contributed by atoms with van der Waals surface area (Å²) >= 11 is 0. The van der Waals surface area contributed by atoms with Crippen molar-refractivity contribution in [3.05, 3.63) is 28.6 Å². The van der Waals surface area contributed by atoms with Crippen LogP contribution < -0.4 is 5.32 Å². The number of nitrogens with zero attached hydrogens (tertiary/aromatic N) is 2. The van der Waals surface area contributed by atoms with Crippen LogP contribution in [0.1, 0.15) is 55.6 Å². The summed E-state index contributed by atoms with van der Waals surface area (Å²) in [6.07, 6.45) is 7.56. The smallest absolute Gasteiger partial charge is 0.0647 e. The molecule has 0 bridgehead atoms. The summed E-state index contributed by atoms with van der Waals surface area (Å²) in [5.41, 5.74) is 5.38. The molecule has 3 heteroatoms. The Balaban J connectivity index is 2.37. The van der Waals surface area contributed by atoms with Gasteiger partial charge in [-0.1, -0.05) is 18.6 Å². The summed E-state index contributed by atoms with van der Waals surface area (Å²) in [6.45, 7) is 7.46. The SMILES string of the molecule is CCNC(C1=CCCCC1)c1c(C)nn(C)c1C. The monoisotopic (exact) mass is 247 g/mol. The van der Waals surface area contributed by atoms with E-state index in [1.807, 2.05) is 11.7 Å². The number of allylic oxidation sites excluding steroid dienone is 1. The van der Waals surface area contributed by atoms with Gasteiger partial charge in [0.2, 0.25) is 0 Å². The Morgan fingerprint density at radius 2 is 2.17 bits per heavy atom. The lowest BCUT2D eigenvalue weighted by atomic mass is 9.89. The van der Waals surface area contributed by atoms with Crippen LogP contribution in [-0.2, 0) is 7.05 Å². The van der Waals surface area contributed by atoms with Crippen LogP contribution in [-0.4, -0.2) is 16.3 Å². The van der Waals surface area contributed by atoms with Gasteiger partial charge in [0.15, 0.2) is 0 Å². The molecule has 0 saturated heterocycles. The van der Waals surface area contributed by atoms with Gasteiger partial charge >= 0.3 is 0 Å². The van der Waals surface area contributed by atoms with Gasteiger partial charge in [-0.05, 0) is 46.1 Å². The lowest BCUT2D eigenvalue weighted by Gasteiger charge is -2.24. The minimum Gasteiger partial charge on any atom is -0.307 e. The molecule has 100 valence electrons. The zero-order valence-corrected chi connectivity index (χ0v) is 12.1. The predicted molar refractivity (Wildman–Crippen MR) is 75.7 cm³/mol. The standard InChI is InChI=1S/C15H25N3/c1-5-16-15(13-9-7-6-8-10-13)14-11(2)17-18(4)12(14)3/h9,15-16H,5-8,10H2,1-4H3. The zero-order valence-electron chi connectivity index (χ0n) is 12.1. The molecule has 0 spiro atoms. The Morgan fingerprint density at radius 3 is 2.67 bits per heavy atom. The van der Waals surface area contributed by atoms with Crippen LogP contribution in [0.3, 0.4) is 0 Å². The molecule has 1 aliphatic rings. The maximum absolute atomic E-state index is 4.56. The Kier molecular flexibility index (Phi) is 4.23. The molecule has 0 saturated carbocycles. The fraction of sp³-hybridized carbons (Fsp3) is 0.667. The van der Waals surface area contributed by atoms with Crippen molar-refractivity contribution in [2.45, 2.75) is 52.5 Å². The molecule has 0 aliphatic heterocycles. The maximum Gasteiger partial charge on any atom is 0.0647 e. The highest BCUT2D eigenvalue weighted by Gasteiger charge is 2.23. The van der Waals surface area contributed by atoms with Crippen LogP contribution in [0.2, 0.25) is 0 Å². The number of aryl methyl sites for hydroxylation is 2. The fourth-order valence-electron chi connectivity index (χ4n) is 2.96. The van der Waals surface area contributed by atoms with E-state index >= 15 is 0 Å². The first-order valence-corrected chi connectivity index (χ1v) is 7.07. The number of likely N-dealkylation sites (N-methyl/N-ethyl adjacent to an activating group) is 1. The highest BCUT2D eigenvalue weighted by Crippen LogP contribution is 2.32. The van der Waals surface area contributed by atoms with E-state index in [0.29, 0.717) is 6.04 Å². The van der Waals surface area contributed by atoms with Gasteiger partial charge in [-0.15, -0.1) is 0 Å². The molecule has 1 atom stereocenters. The number of nitrogens with one attached hydrogen (secondary N) is 1. The van der Waals surface area contributed by atoms with Crippen LogP contribution in [0.4, 0.5) is 0 Å². The molecule has 1 N–H and O–H groups in total. The first-order valence-electron chi connectivity index (χ1n) is 7.07. The number of hydrogen-bond acceptors (Lipinski definition) is 2. The van der Waals surface area contributed by atoms with Crippen LogP contribution in [0.25, 0.3) is 0 Å². The summed E-state index contributed by atoms with van der Waals surface area (Å²) in [7, 11) is 2.03. The van der Waals surface area contributed by atoms with E-state index in [1.54, 1.807) is 5.57 Å². The van der Waals surface area contributed by atoms with E-state index in [4.69, 9.17) is 0 Å². The molecule has 0 amide bonds. The van der Waals surface area contributed by atoms with Gasteiger partial charge in [0.05, 0.1) is 11.7 Å². The lowest BCUT2D eigenvalue weighted by molar-refractivity contribution is 0.559. The average Bonchev–Trinajstić information content (AvgIpc) is 2.62. The van der Waals surface area contributed by atoms with Crippen molar-refractivity contribution in [3.8, 4) is 0 Å². The molecule has 2 rings (SSSR count). The van der Waals surface area contributed by atoms with Crippen LogP contribution in [0.5, 0.6) is 0 Å². The van der Waals surface area contributed by atoms with Crippen molar-refractivity contribution in [3.63, 3.8) is 0 Å². The summed E-state index contributed by atoms with van der Waals surface area (Å²) in [5, 5.41) is 8.20. The van der Waals surface area contributed by atoms with Gasteiger partial charge in [0, 0.05) is 18.3 Å². The molecule has 1 unspecified atom stereocenters. The van der Waals surface area contributed by atoms with E-state index in [2.05, 4.69) is 37.3 Å². The van der Waals surface area contributed by atoms with Crippen LogP contribution >= 0.6 is 0 Å². The molecule has 3 nitrogen and oxygen atoms in total. The van der Waals surface area contributed by atoms with Crippen molar-refractivity contribution in [1.82, 2.24) is 15.1 Å². The summed E-state index contributed by atoms with van der Waals surface area (Å²) in [4.78, 5) is 0. The summed E-state index contributed by atoms with van der Waals surface area (Å²) < 4.78 is 2.00. The molecule has 0 aromatic carbocycles. The first kappa shape index (κ1) is 13.3. The quantitative estimate of drug-likeness (QED) is 0.828. The molecule has 0 fully saturated rings. The van der Waals surface area contributed by atoms with Crippen LogP contribution in [0.15, 0.2) is 11.6 Å². The van der Waals surface area contributed by atoms with Crippen molar-refractivity contribution in [1.29, 1.82) is 0 Å². The van der Waals surface area contributed by atoms with Gasteiger partial charge < -0.3 is 5.32 Å². The minimum atomic E-state index is 0.365. The Labute approximate surface area is 110 Å². The second kappa shape index (κ2) is 5.70. The third-order valence-corrected chi connectivity index (χ3v) is 3.96. The third kappa shape index (κ3) is 2.51. The van der Waals surface area contributed by atoms with E-state index in [0.717, 1.165) is 12.2 Å². The fourth-order valence-corrected chi connectivity index (χ4v) is 2.96. The van der Waals surface area contributed by atoms with E-state index in [9.17, 15) is 0 Å². The summed E-state index contributed by atoms with van der Waals surface area (Å²) in [5.74, 6) is 0. The van der Waals surface area contributed by atoms with Crippen molar-refractivity contribution >= 4 is 0 Å². The highest BCUT2D eigenvalue weighted by molar-refractivity contribution is 5.35. The van der Waals surface area contributed by atoms with Crippen molar-refractivity contribution < 1.29 is 0 Å². The number of rotatable bonds is 4. The van der Waals surface area contributed by atoms with Gasteiger partial charge in [0.25, 0.3) is 0 Å². The van der Waals surface area contributed by atoms with Crippen LogP contribution in [0, 0.1) is 13.8 Å². The maximum atomic E-state index is 4.56. The van der Waals surface area contributed by atoms with Gasteiger partial charge in [-0.2, -0.15) is 5.10 Å². The topological polar surface area (TPSA) is 29.9 Å². The second-order valence-electron chi connectivity index (χ2n) is 5.22. The lowest BCUT2D eigenvalue weighted by Crippen LogP contribution is -2.24. The molecule has 1 heterocycles. The van der Waals surface area contributed by atoms with Gasteiger partial charge in [-0.3, -0.25) is 4.68 Å². The molecule has 18 heavy (non-hydrogen) atoms. The molecule has 1 aromatic heterocycles. The first-order chi connectivity index (χ1) is 8.65. The average molecular weight is 247 g/mol. The predicted octanol–water partition coefficient (Wildman–Crippen LogP) is 3.19. The second-order valence-corrected chi connectivity index (χ2v) is 5.22. The molecule has 1 aliphatic carbocycles. The largest absolute Gasteiger partial charge is 0.307 e. The Morgan fingerprint density at radius 1 is 1.39 bits per heavy atom. The van der Waals surface area contributed by atoms with Gasteiger partial charge in [-0.25, -0.2) is 0 Å². The van der Waals surface area contributed by atoms with E-state index in [1.165, 1.54) is 36.9 Å². The molecule has 0 radical (unpaired) electrons. The van der Waals surface area contributed by atoms with E-state index < -0.39 is 0 Å². The highest BCUT2D eigenvalue weighted by atomic mass is 15.3. The number of hydrogen-bond donors (Lipinski definition) is 1. The Hall–Kier alpha value is -1.09. The van der Waals surface area contributed by atoms with E-state index in [-0.39, 0.29) is 0 Å². The van der Waals surface area contributed by atoms with Gasteiger partial charge in [0.1, 0.15) is 0 Å².